The summed E-state index contributed by atoms with van der Waals surface area (Å²) in [5.41, 5.74) is 1.68. The normalized spacial score (nSPS) is 12.1. The van der Waals surface area contributed by atoms with E-state index < -0.39 is 10.1 Å². The van der Waals surface area contributed by atoms with E-state index >= 15 is 0 Å². The summed E-state index contributed by atoms with van der Waals surface area (Å²) >= 11 is 0. The van der Waals surface area contributed by atoms with Crippen molar-refractivity contribution in [3.63, 3.8) is 0 Å². The van der Waals surface area contributed by atoms with E-state index in [2.05, 4.69) is 9.17 Å². The van der Waals surface area contributed by atoms with Gasteiger partial charge in [0.25, 0.3) is 10.1 Å². The first-order chi connectivity index (χ1) is 8.44. The molecule has 2 aromatic rings. The number of rotatable bonds is 5. The van der Waals surface area contributed by atoms with Gasteiger partial charge in [-0.25, -0.2) is 4.39 Å². The molecule has 0 saturated heterocycles. The highest BCUT2D eigenvalue weighted by atomic mass is 32.2. The molecule has 0 aliphatic carbocycles. The van der Waals surface area contributed by atoms with Gasteiger partial charge in [0.1, 0.15) is 5.82 Å². The first-order valence-corrected chi connectivity index (χ1v) is 7.37. The van der Waals surface area contributed by atoms with Gasteiger partial charge < -0.3 is 4.98 Å². The minimum Gasteiger partial charge on any atom is -0.358 e. The Kier molecular flexibility index (Phi) is 3.68. The number of hydrogen-bond donors (Lipinski definition) is 1. The van der Waals surface area contributed by atoms with E-state index in [-0.39, 0.29) is 12.4 Å². The summed E-state index contributed by atoms with van der Waals surface area (Å²) in [4.78, 5) is 3.09. The summed E-state index contributed by atoms with van der Waals surface area (Å²) in [5.74, 6) is -0.281. The minimum atomic E-state index is -3.37. The minimum absolute atomic E-state index is 0.155. The van der Waals surface area contributed by atoms with E-state index in [1.807, 2.05) is 6.07 Å². The van der Waals surface area contributed by atoms with E-state index in [1.54, 1.807) is 6.07 Å². The smallest absolute Gasteiger partial charge is 0.264 e. The molecule has 0 radical (unpaired) electrons. The lowest BCUT2D eigenvalue weighted by molar-refractivity contribution is 0.315. The summed E-state index contributed by atoms with van der Waals surface area (Å²) in [6.07, 6.45) is 2.27. The molecule has 1 heterocycles. The van der Waals surface area contributed by atoms with Gasteiger partial charge >= 0.3 is 0 Å². The van der Waals surface area contributed by atoms with Crippen LogP contribution in [-0.4, -0.2) is 26.3 Å². The number of aryl methyl sites for hydroxylation is 1. The van der Waals surface area contributed by atoms with E-state index in [1.165, 1.54) is 12.1 Å². The van der Waals surface area contributed by atoms with Crippen LogP contribution < -0.4 is 0 Å². The van der Waals surface area contributed by atoms with Crippen molar-refractivity contribution in [2.24, 2.45) is 0 Å². The maximum Gasteiger partial charge on any atom is 0.264 e. The number of aromatic amines is 1. The van der Waals surface area contributed by atoms with Crippen molar-refractivity contribution in [2.75, 3.05) is 12.9 Å². The molecule has 1 aromatic heterocycles. The average Bonchev–Trinajstić information content (AvgIpc) is 2.65. The van der Waals surface area contributed by atoms with Crippen LogP contribution in [0.5, 0.6) is 0 Å². The highest BCUT2D eigenvalue weighted by molar-refractivity contribution is 7.85. The van der Waals surface area contributed by atoms with E-state index in [0.717, 1.165) is 22.9 Å². The van der Waals surface area contributed by atoms with Crippen LogP contribution in [0.4, 0.5) is 4.39 Å². The largest absolute Gasteiger partial charge is 0.358 e. The van der Waals surface area contributed by atoms with Crippen LogP contribution in [0.1, 0.15) is 12.1 Å². The first kappa shape index (κ1) is 13.0. The summed E-state index contributed by atoms with van der Waals surface area (Å²) < 4.78 is 39.1. The Hall–Kier alpha value is -1.40. The van der Waals surface area contributed by atoms with Gasteiger partial charge in [0.15, 0.2) is 0 Å². The number of aromatic nitrogens is 1. The standard InChI is InChI=1S/C12H14FNO3S/c1-18(15,16)17-6-2-3-11-7-9-4-5-10(13)8-12(9)14-11/h4-5,7-8,14H,2-3,6H2,1H3. The van der Waals surface area contributed by atoms with Crippen molar-refractivity contribution >= 4 is 21.0 Å². The zero-order valence-corrected chi connectivity index (χ0v) is 10.8. The van der Waals surface area contributed by atoms with Gasteiger partial charge in [-0.15, -0.1) is 0 Å². The third kappa shape index (κ3) is 3.54. The van der Waals surface area contributed by atoms with Crippen LogP contribution in [0, 0.1) is 5.82 Å². The highest BCUT2D eigenvalue weighted by Gasteiger charge is 2.04. The predicted octanol–water partition coefficient (Wildman–Crippen LogP) is 2.22. The van der Waals surface area contributed by atoms with Gasteiger partial charge in [0, 0.05) is 11.2 Å². The number of halogens is 1. The Morgan fingerprint density at radius 1 is 1.33 bits per heavy atom. The molecule has 2 rings (SSSR count). The number of fused-ring (bicyclic) bond motifs is 1. The lowest BCUT2D eigenvalue weighted by atomic mass is 10.2. The maximum absolute atomic E-state index is 13.0. The summed E-state index contributed by atoms with van der Waals surface area (Å²) in [5, 5.41) is 0.940. The SMILES string of the molecule is CS(=O)(=O)OCCCc1cc2ccc(F)cc2[nH]1. The fraction of sp³-hybridized carbons (Fsp3) is 0.333. The molecule has 1 N–H and O–H groups in total. The number of nitrogens with one attached hydrogen (secondary N) is 1. The van der Waals surface area contributed by atoms with Gasteiger partial charge in [-0.3, -0.25) is 4.18 Å². The van der Waals surface area contributed by atoms with Gasteiger partial charge in [0.2, 0.25) is 0 Å². The molecule has 0 aliphatic rings. The Morgan fingerprint density at radius 2 is 2.11 bits per heavy atom. The molecule has 0 spiro atoms. The van der Waals surface area contributed by atoms with Gasteiger partial charge in [-0.05, 0) is 42.5 Å². The topological polar surface area (TPSA) is 59.2 Å². The lowest BCUT2D eigenvalue weighted by Gasteiger charge is -1.99. The molecular weight excluding hydrogens is 257 g/mol. The highest BCUT2D eigenvalue weighted by Crippen LogP contribution is 2.17. The lowest BCUT2D eigenvalue weighted by Crippen LogP contribution is -2.04. The molecule has 0 aliphatic heterocycles. The molecule has 4 nitrogen and oxygen atoms in total. The van der Waals surface area contributed by atoms with E-state index in [0.29, 0.717) is 12.8 Å². The van der Waals surface area contributed by atoms with E-state index in [4.69, 9.17) is 0 Å². The van der Waals surface area contributed by atoms with Crippen LogP contribution in [0.3, 0.4) is 0 Å². The quantitative estimate of drug-likeness (QED) is 0.670. The fourth-order valence-corrected chi connectivity index (χ4v) is 2.19. The van der Waals surface area contributed by atoms with Crippen molar-refractivity contribution in [2.45, 2.75) is 12.8 Å². The predicted molar refractivity (Wildman–Crippen MR) is 67.4 cm³/mol. The molecule has 18 heavy (non-hydrogen) atoms. The molecule has 98 valence electrons. The average molecular weight is 271 g/mol. The van der Waals surface area contributed by atoms with Gasteiger partial charge in [0.05, 0.1) is 12.9 Å². The summed E-state index contributed by atoms with van der Waals surface area (Å²) in [6.45, 7) is 0.155. The zero-order valence-electron chi connectivity index (χ0n) is 9.94. The third-order valence-corrected chi connectivity index (χ3v) is 3.12. The second kappa shape index (κ2) is 5.07. The van der Waals surface area contributed by atoms with Crippen LogP contribution in [0.15, 0.2) is 24.3 Å². The van der Waals surface area contributed by atoms with Crippen molar-refractivity contribution in [1.82, 2.24) is 4.98 Å². The van der Waals surface area contributed by atoms with Crippen LogP contribution in [0.2, 0.25) is 0 Å². The molecular formula is C12H14FNO3S. The van der Waals surface area contributed by atoms with Crippen LogP contribution in [-0.2, 0) is 20.7 Å². The molecule has 0 saturated carbocycles. The second-order valence-corrected chi connectivity index (χ2v) is 5.80. The zero-order chi connectivity index (χ0) is 13.2. The number of H-pyrrole nitrogens is 1. The van der Waals surface area contributed by atoms with E-state index in [9.17, 15) is 12.8 Å². The third-order valence-electron chi connectivity index (χ3n) is 2.53. The van der Waals surface area contributed by atoms with Gasteiger partial charge in [-0.1, -0.05) is 0 Å². The number of benzene rings is 1. The van der Waals surface area contributed by atoms with Crippen molar-refractivity contribution in [3.05, 3.63) is 35.8 Å². The summed E-state index contributed by atoms with van der Waals surface area (Å²) in [6, 6.07) is 6.48. The first-order valence-electron chi connectivity index (χ1n) is 5.55. The van der Waals surface area contributed by atoms with Gasteiger partial charge in [-0.2, -0.15) is 8.42 Å². The molecule has 0 atom stereocenters. The van der Waals surface area contributed by atoms with Crippen LogP contribution in [0.25, 0.3) is 10.9 Å². The number of hydrogen-bond acceptors (Lipinski definition) is 3. The summed E-state index contributed by atoms with van der Waals surface area (Å²) in [7, 11) is -3.37. The molecule has 1 aromatic carbocycles. The Bertz CT molecular complexity index is 648. The molecule has 0 amide bonds. The maximum atomic E-state index is 13.0. The Morgan fingerprint density at radius 3 is 2.83 bits per heavy atom. The van der Waals surface area contributed by atoms with Crippen molar-refractivity contribution in [1.29, 1.82) is 0 Å². The molecule has 0 fully saturated rings. The second-order valence-electron chi connectivity index (χ2n) is 4.16. The monoisotopic (exact) mass is 271 g/mol. The fourth-order valence-electron chi connectivity index (χ4n) is 1.77. The van der Waals surface area contributed by atoms with Crippen LogP contribution >= 0.6 is 0 Å². The molecule has 0 unspecified atom stereocenters. The molecule has 6 heteroatoms. The Labute approximate surface area is 105 Å². The van der Waals surface area contributed by atoms with Crippen molar-refractivity contribution < 1.29 is 17.0 Å². The Balaban J connectivity index is 1.96. The molecule has 0 bridgehead atoms. The van der Waals surface area contributed by atoms with Crippen molar-refractivity contribution in [3.8, 4) is 0 Å².